The molecular weight excluding hydrogens is 232 g/mol. The van der Waals surface area contributed by atoms with Gasteiger partial charge in [-0.1, -0.05) is 22.3 Å². The molecule has 0 fully saturated rings. The van der Waals surface area contributed by atoms with Crippen LogP contribution in [0, 0.1) is 5.92 Å². The Bertz CT molecular complexity index is 341. The van der Waals surface area contributed by atoms with Crippen molar-refractivity contribution >= 4 is 0 Å². The molecule has 0 heterocycles. The first-order valence-electron chi connectivity index (χ1n) is 6.86. The van der Waals surface area contributed by atoms with Crippen molar-refractivity contribution < 1.29 is 5.11 Å². The first-order chi connectivity index (χ1) is 8.56. The molecule has 0 rings (SSSR count). The molecule has 1 nitrogen and oxygen atoms in total. The Morgan fingerprint density at radius 3 is 1.32 bits per heavy atom. The Kier molecular flexibility index (Phi) is 7.07. The summed E-state index contributed by atoms with van der Waals surface area (Å²) in [5.74, 6) is 0.121. The highest BCUT2D eigenvalue weighted by Crippen LogP contribution is 2.37. The monoisotopic (exact) mass is 262 g/mol. The molecule has 0 amide bonds. The van der Waals surface area contributed by atoms with E-state index in [4.69, 9.17) is 0 Å². The van der Waals surface area contributed by atoms with Gasteiger partial charge in [0, 0.05) is 0 Å². The van der Waals surface area contributed by atoms with E-state index in [1.165, 1.54) is 0 Å². The molecule has 0 aliphatic heterocycles. The molecule has 0 aliphatic carbocycles. The second-order valence-electron chi connectivity index (χ2n) is 6.39. The molecule has 0 unspecified atom stereocenters. The number of rotatable bonds is 9. The zero-order valence-corrected chi connectivity index (χ0v) is 13.2. The molecule has 0 spiro atoms. The van der Waals surface area contributed by atoms with E-state index in [-0.39, 0.29) is 5.92 Å². The van der Waals surface area contributed by atoms with Gasteiger partial charge in [-0.05, 0) is 59.3 Å². The van der Waals surface area contributed by atoms with Gasteiger partial charge >= 0.3 is 0 Å². The Hall–Kier alpha value is -1.08. The number of allylic oxidation sites excluding steroid dienone is 2. The third kappa shape index (κ3) is 7.17. The topological polar surface area (TPSA) is 20.2 Å². The van der Waals surface area contributed by atoms with Gasteiger partial charge in [0.1, 0.15) is 0 Å². The first kappa shape index (κ1) is 17.9. The summed E-state index contributed by atoms with van der Waals surface area (Å²) in [5.41, 5.74) is 3.38. The van der Waals surface area contributed by atoms with E-state index in [1.54, 1.807) is 0 Å². The summed E-state index contributed by atoms with van der Waals surface area (Å²) in [5, 5.41) is 11.1. The quantitative estimate of drug-likeness (QED) is 0.566. The lowest BCUT2D eigenvalue weighted by Crippen LogP contribution is -2.39. The lowest BCUT2D eigenvalue weighted by molar-refractivity contribution is -0.0180. The van der Waals surface area contributed by atoms with Gasteiger partial charge in [-0.2, -0.15) is 0 Å². The van der Waals surface area contributed by atoms with Crippen molar-refractivity contribution in [2.45, 2.75) is 59.0 Å². The zero-order chi connectivity index (χ0) is 15.2. The highest BCUT2D eigenvalue weighted by Gasteiger charge is 2.36. The molecule has 0 aromatic heterocycles. The number of hydrogen-bond donors (Lipinski definition) is 1. The fraction of sp³-hybridized carbons (Fsp3) is 0.556. The Labute approximate surface area is 119 Å². The van der Waals surface area contributed by atoms with Gasteiger partial charge in [0.05, 0.1) is 5.60 Å². The van der Waals surface area contributed by atoms with E-state index in [2.05, 4.69) is 26.3 Å². The SMILES string of the molecule is C=C(C)CC(CC(=C)C)C(O)(CC(=C)C)CC(=C)C. The Balaban J connectivity index is 5.30. The van der Waals surface area contributed by atoms with Crippen molar-refractivity contribution in [1.29, 1.82) is 0 Å². The standard InChI is InChI=1S/C18H30O/c1-13(2)9-17(10-14(3)4)18(19,11-15(5)6)12-16(7)8/h17,19H,1,3,5,7,9-12H2,2,4,6,8H3. The van der Waals surface area contributed by atoms with Crippen LogP contribution in [0.1, 0.15) is 53.4 Å². The van der Waals surface area contributed by atoms with Crippen LogP contribution in [-0.2, 0) is 0 Å². The lowest BCUT2D eigenvalue weighted by Gasteiger charge is -2.37. The van der Waals surface area contributed by atoms with Crippen LogP contribution >= 0.6 is 0 Å². The second kappa shape index (κ2) is 7.49. The van der Waals surface area contributed by atoms with Gasteiger partial charge in [-0.25, -0.2) is 0 Å². The van der Waals surface area contributed by atoms with E-state index < -0.39 is 5.60 Å². The molecule has 0 saturated heterocycles. The molecule has 0 aromatic rings. The van der Waals surface area contributed by atoms with Crippen LogP contribution in [0.15, 0.2) is 48.6 Å². The maximum Gasteiger partial charge on any atom is 0.0755 e. The van der Waals surface area contributed by atoms with Crippen LogP contribution in [0.5, 0.6) is 0 Å². The van der Waals surface area contributed by atoms with E-state index in [0.29, 0.717) is 12.8 Å². The van der Waals surface area contributed by atoms with Crippen LogP contribution in [0.3, 0.4) is 0 Å². The van der Waals surface area contributed by atoms with E-state index in [0.717, 1.165) is 35.1 Å². The van der Waals surface area contributed by atoms with Crippen molar-refractivity contribution in [3.05, 3.63) is 48.6 Å². The van der Waals surface area contributed by atoms with Gasteiger partial charge < -0.3 is 5.11 Å². The first-order valence-corrected chi connectivity index (χ1v) is 6.86. The fourth-order valence-corrected chi connectivity index (χ4v) is 2.69. The molecule has 0 aromatic carbocycles. The van der Waals surface area contributed by atoms with Crippen LogP contribution in [0.4, 0.5) is 0 Å². The number of aliphatic hydroxyl groups is 1. The van der Waals surface area contributed by atoms with Crippen LogP contribution in [0.25, 0.3) is 0 Å². The van der Waals surface area contributed by atoms with Gasteiger partial charge in [-0.15, -0.1) is 26.3 Å². The van der Waals surface area contributed by atoms with E-state index >= 15 is 0 Å². The highest BCUT2D eigenvalue weighted by atomic mass is 16.3. The maximum atomic E-state index is 11.1. The second-order valence-corrected chi connectivity index (χ2v) is 6.39. The van der Waals surface area contributed by atoms with Crippen molar-refractivity contribution in [2.24, 2.45) is 5.92 Å². The third-order valence-corrected chi connectivity index (χ3v) is 3.17. The van der Waals surface area contributed by atoms with Crippen molar-refractivity contribution in [3.63, 3.8) is 0 Å². The summed E-state index contributed by atoms with van der Waals surface area (Å²) in [6.45, 7) is 23.8. The summed E-state index contributed by atoms with van der Waals surface area (Å²) >= 11 is 0. The van der Waals surface area contributed by atoms with E-state index in [1.807, 2.05) is 27.7 Å². The molecule has 1 N–H and O–H groups in total. The van der Waals surface area contributed by atoms with Gasteiger partial charge in [0.25, 0.3) is 0 Å². The predicted octanol–water partition coefficient (Wildman–Crippen LogP) is 5.20. The predicted molar refractivity (Wildman–Crippen MR) is 86.2 cm³/mol. The minimum absolute atomic E-state index is 0.121. The Morgan fingerprint density at radius 2 is 1.11 bits per heavy atom. The molecule has 0 saturated carbocycles. The highest BCUT2D eigenvalue weighted by molar-refractivity contribution is 5.11. The van der Waals surface area contributed by atoms with Crippen LogP contribution in [0.2, 0.25) is 0 Å². The molecular formula is C18H30O. The molecule has 0 atom stereocenters. The summed E-state index contributed by atoms with van der Waals surface area (Å²) in [6, 6.07) is 0. The van der Waals surface area contributed by atoms with Gasteiger partial charge in [0.15, 0.2) is 0 Å². The molecule has 108 valence electrons. The third-order valence-electron chi connectivity index (χ3n) is 3.17. The average molecular weight is 262 g/mol. The summed E-state index contributed by atoms with van der Waals surface area (Å²) in [7, 11) is 0. The summed E-state index contributed by atoms with van der Waals surface area (Å²) < 4.78 is 0. The zero-order valence-electron chi connectivity index (χ0n) is 13.2. The summed E-state index contributed by atoms with van der Waals surface area (Å²) in [4.78, 5) is 0. The lowest BCUT2D eigenvalue weighted by atomic mass is 9.73. The molecule has 0 bridgehead atoms. The van der Waals surface area contributed by atoms with Crippen molar-refractivity contribution in [2.75, 3.05) is 0 Å². The minimum atomic E-state index is -0.796. The molecule has 19 heavy (non-hydrogen) atoms. The average Bonchev–Trinajstić information content (AvgIpc) is 2.11. The maximum absolute atomic E-state index is 11.1. The van der Waals surface area contributed by atoms with Crippen molar-refractivity contribution in [1.82, 2.24) is 0 Å². The summed E-state index contributed by atoms with van der Waals surface area (Å²) in [6.07, 6.45) is 2.82. The van der Waals surface area contributed by atoms with Crippen LogP contribution < -0.4 is 0 Å². The van der Waals surface area contributed by atoms with Crippen molar-refractivity contribution in [3.8, 4) is 0 Å². The molecule has 1 heteroatoms. The van der Waals surface area contributed by atoms with Crippen LogP contribution in [-0.4, -0.2) is 10.7 Å². The van der Waals surface area contributed by atoms with Gasteiger partial charge in [-0.3, -0.25) is 0 Å². The normalized spacial score (nSPS) is 11.5. The number of hydrogen-bond acceptors (Lipinski definition) is 1. The van der Waals surface area contributed by atoms with E-state index in [9.17, 15) is 5.11 Å². The molecule has 0 aliphatic rings. The molecule has 0 radical (unpaired) electrons. The smallest absolute Gasteiger partial charge is 0.0755 e. The Morgan fingerprint density at radius 1 is 0.789 bits per heavy atom. The van der Waals surface area contributed by atoms with Gasteiger partial charge in [0.2, 0.25) is 0 Å². The minimum Gasteiger partial charge on any atom is -0.389 e. The fourth-order valence-electron chi connectivity index (χ4n) is 2.69. The largest absolute Gasteiger partial charge is 0.389 e.